The summed E-state index contributed by atoms with van der Waals surface area (Å²) in [6.07, 6.45) is 1.98. The number of nitrogens with zero attached hydrogens (tertiary/aromatic N) is 5. The lowest BCUT2D eigenvalue weighted by Crippen LogP contribution is -2.08. The maximum absolute atomic E-state index is 6.22. The fraction of sp³-hybridized carbons (Fsp3) is 0.385. The van der Waals surface area contributed by atoms with Crippen LogP contribution in [0.25, 0.3) is 11.2 Å². The molecular formula is C13H14ClN5O. The Balaban J connectivity index is 2.01. The molecule has 104 valence electrons. The van der Waals surface area contributed by atoms with Crippen molar-refractivity contribution in [2.45, 2.75) is 32.2 Å². The minimum Gasteiger partial charge on any atom is -0.343 e. The molecule has 0 fully saturated rings. The number of alkyl halides is 1. The molecule has 0 N–H and O–H groups in total. The minimum absolute atomic E-state index is 0.185. The molecule has 1 atom stereocenters. The molecule has 0 saturated heterocycles. The van der Waals surface area contributed by atoms with Gasteiger partial charge in [-0.25, -0.2) is 9.97 Å². The van der Waals surface area contributed by atoms with Gasteiger partial charge >= 0.3 is 0 Å². The first kappa shape index (κ1) is 13.1. The molecule has 3 rings (SSSR count). The van der Waals surface area contributed by atoms with E-state index in [2.05, 4.69) is 20.1 Å². The number of aromatic nitrogens is 5. The van der Waals surface area contributed by atoms with Crippen LogP contribution in [0.1, 0.15) is 29.6 Å². The molecule has 3 aromatic rings. The van der Waals surface area contributed by atoms with Crippen LogP contribution in [-0.4, -0.2) is 24.7 Å². The molecule has 0 radical (unpaired) electrons. The molecule has 0 aliphatic rings. The third-order valence-corrected chi connectivity index (χ3v) is 3.28. The molecule has 0 bridgehead atoms. The van der Waals surface area contributed by atoms with Crippen LogP contribution in [0.15, 0.2) is 23.0 Å². The molecule has 0 aliphatic carbocycles. The second kappa shape index (κ2) is 5.20. The van der Waals surface area contributed by atoms with Gasteiger partial charge in [-0.2, -0.15) is 4.98 Å². The fourth-order valence-electron chi connectivity index (χ4n) is 2.15. The van der Waals surface area contributed by atoms with Crippen LogP contribution in [-0.2, 0) is 13.0 Å². The number of hydrogen-bond acceptors (Lipinski definition) is 5. The SMILES string of the molecule is Cc1ccc2nc(C(C)Cl)n(CCc3ncon3)c2n1. The van der Waals surface area contributed by atoms with Crippen LogP contribution >= 0.6 is 11.6 Å². The standard InChI is InChI=1S/C13H14ClN5O/c1-8-3-4-10-13(16-8)19(12(17-10)9(2)14)6-5-11-15-7-20-18-11/h3-4,7,9H,5-6H2,1-2H3. The van der Waals surface area contributed by atoms with Gasteiger partial charge in [-0.1, -0.05) is 5.16 Å². The van der Waals surface area contributed by atoms with Gasteiger partial charge in [0.15, 0.2) is 11.5 Å². The van der Waals surface area contributed by atoms with Crippen LogP contribution in [0.3, 0.4) is 0 Å². The predicted octanol–water partition coefficient (Wildman–Crippen LogP) is 2.67. The summed E-state index contributed by atoms with van der Waals surface area (Å²) >= 11 is 6.22. The molecule has 0 spiro atoms. The first-order valence-electron chi connectivity index (χ1n) is 6.38. The lowest BCUT2D eigenvalue weighted by atomic mass is 10.3. The van der Waals surface area contributed by atoms with Gasteiger partial charge in [0.05, 0.1) is 5.38 Å². The highest BCUT2D eigenvalue weighted by Gasteiger charge is 2.16. The molecule has 0 amide bonds. The number of pyridine rings is 1. The highest BCUT2D eigenvalue weighted by atomic mass is 35.5. The van der Waals surface area contributed by atoms with Gasteiger partial charge < -0.3 is 9.09 Å². The summed E-state index contributed by atoms with van der Waals surface area (Å²) in [6, 6.07) is 3.91. The number of aryl methyl sites for hydroxylation is 3. The smallest absolute Gasteiger partial charge is 0.213 e. The van der Waals surface area contributed by atoms with E-state index < -0.39 is 0 Å². The van der Waals surface area contributed by atoms with Crippen molar-refractivity contribution in [3.8, 4) is 0 Å². The maximum Gasteiger partial charge on any atom is 0.213 e. The predicted molar refractivity (Wildman–Crippen MR) is 74.5 cm³/mol. The zero-order valence-corrected chi connectivity index (χ0v) is 12.0. The van der Waals surface area contributed by atoms with Crippen molar-refractivity contribution in [3.63, 3.8) is 0 Å². The van der Waals surface area contributed by atoms with Crippen LogP contribution in [0, 0.1) is 6.92 Å². The van der Waals surface area contributed by atoms with Crippen molar-refractivity contribution in [2.75, 3.05) is 0 Å². The lowest BCUT2D eigenvalue weighted by molar-refractivity contribution is 0.408. The minimum atomic E-state index is -0.185. The Morgan fingerprint density at radius 1 is 1.35 bits per heavy atom. The van der Waals surface area contributed by atoms with E-state index in [0.29, 0.717) is 18.8 Å². The number of fused-ring (bicyclic) bond motifs is 1. The molecule has 3 aromatic heterocycles. The van der Waals surface area contributed by atoms with E-state index in [4.69, 9.17) is 16.1 Å². The van der Waals surface area contributed by atoms with Gasteiger partial charge in [0.25, 0.3) is 0 Å². The van der Waals surface area contributed by atoms with Gasteiger partial charge in [-0.3, -0.25) is 0 Å². The summed E-state index contributed by atoms with van der Waals surface area (Å²) in [5.41, 5.74) is 2.65. The summed E-state index contributed by atoms with van der Waals surface area (Å²) in [5.74, 6) is 1.47. The van der Waals surface area contributed by atoms with Gasteiger partial charge in [-0.05, 0) is 26.0 Å². The lowest BCUT2D eigenvalue weighted by Gasteiger charge is -2.08. The van der Waals surface area contributed by atoms with E-state index in [1.54, 1.807) is 0 Å². The maximum atomic E-state index is 6.22. The van der Waals surface area contributed by atoms with Gasteiger partial charge in [0.1, 0.15) is 11.3 Å². The summed E-state index contributed by atoms with van der Waals surface area (Å²) < 4.78 is 6.77. The molecule has 6 nitrogen and oxygen atoms in total. The Hall–Kier alpha value is -1.95. The van der Waals surface area contributed by atoms with Crippen molar-refractivity contribution in [1.29, 1.82) is 0 Å². The zero-order valence-electron chi connectivity index (χ0n) is 11.2. The summed E-state index contributed by atoms with van der Waals surface area (Å²) in [5, 5.41) is 3.63. The Morgan fingerprint density at radius 2 is 2.20 bits per heavy atom. The quantitative estimate of drug-likeness (QED) is 0.691. The molecule has 3 heterocycles. The number of hydrogen-bond donors (Lipinski definition) is 0. The van der Waals surface area contributed by atoms with E-state index in [1.807, 2.05) is 30.5 Å². The molecule has 0 aliphatic heterocycles. The highest BCUT2D eigenvalue weighted by molar-refractivity contribution is 6.20. The Morgan fingerprint density at radius 3 is 2.90 bits per heavy atom. The van der Waals surface area contributed by atoms with Gasteiger partial charge in [0, 0.05) is 18.7 Å². The normalized spacial score (nSPS) is 12.9. The van der Waals surface area contributed by atoms with Crippen LogP contribution in [0.5, 0.6) is 0 Å². The largest absolute Gasteiger partial charge is 0.343 e. The van der Waals surface area contributed by atoms with Crippen molar-refractivity contribution >= 4 is 22.8 Å². The van der Waals surface area contributed by atoms with E-state index in [1.165, 1.54) is 6.39 Å². The molecule has 0 saturated carbocycles. The second-order valence-electron chi connectivity index (χ2n) is 4.63. The van der Waals surface area contributed by atoms with E-state index in [-0.39, 0.29) is 5.38 Å². The van der Waals surface area contributed by atoms with Crippen molar-refractivity contribution in [1.82, 2.24) is 24.7 Å². The number of rotatable bonds is 4. The molecule has 7 heteroatoms. The summed E-state index contributed by atoms with van der Waals surface area (Å²) in [6.45, 7) is 4.53. The van der Waals surface area contributed by atoms with Crippen molar-refractivity contribution in [3.05, 3.63) is 35.9 Å². The monoisotopic (exact) mass is 291 g/mol. The molecular weight excluding hydrogens is 278 g/mol. The van der Waals surface area contributed by atoms with E-state index in [9.17, 15) is 0 Å². The summed E-state index contributed by atoms with van der Waals surface area (Å²) in [7, 11) is 0. The molecule has 20 heavy (non-hydrogen) atoms. The van der Waals surface area contributed by atoms with Crippen LogP contribution in [0.2, 0.25) is 0 Å². The summed E-state index contributed by atoms with van der Waals surface area (Å²) in [4.78, 5) is 13.1. The average Bonchev–Trinajstić information content (AvgIpc) is 3.03. The van der Waals surface area contributed by atoms with Gasteiger partial charge in [0.2, 0.25) is 6.39 Å². The first-order valence-corrected chi connectivity index (χ1v) is 6.82. The second-order valence-corrected chi connectivity index (χ2v) is 5.29. The van der Waals surface area contributed by atoms with Crippen LogP contribution in [0.4, 0.5) is 0 Å². The van der Waals surface area contributed by atoms with Gasteiger partial charge in [-0.15, -0.1) is 11.6 Å². The third kappa shape index (κ3) is 2.38. The van der Waals surface area contributed by atoms with E-state index in [0.717, 1.165) is 22.7 Å². The number of halogens is 1. The average molecular weight is 292 g/mol. The molecule has 0 aromatic carbocycles. The van der Waals surface area contributed by atoms with Crippen molar-refractivity contribution < 1.29 is 4.52 Å². The zero-order chi connectivity index (χ0) is 14.1. The highest BCUT2D eigenvalue weighted by Crippen LogP contribution is 2.24. The fourth-order valence-corrected chi connectivity index (χ4v) is 2.32. The first-order chi connectivity index (χ1) is 9.65. The third-order valence-electron chi connectivity index (χ3n) is 3.08. The Labute approximate surface area is 120 Å². The topological polar surface area (TPSA) is 69.6 Å². The molecule has 1 unspecified atom stereocenters. The number of imidazole rings is 1. The van der Waals surface area contributed by atoms with Crippen LogP contribution < -0.4 is 0 Å². The Bertz CT molecular complexity index is 720. The van der Waals surface area contributed by atoms with Crippen molar-refractivity contribution in [2.24, 2.45) is 0 Å². The van der Waals surface area contributed by atoms with E-state index >= 15 is 0 Å². The Kier molecular flexibility index (Phi) is 3.40.